The molecule has 4 aliphatic rings. The van der Waals surface area contributed by atoms with Crippen LogP contribution in [0.25, 0.3) is 16.5 Å². The summed E-state index contributed by atoms with van der Waals surface area (Å²) in [5.41, 5.74) is -41.0. The zero-order valence-corrected chi connectivity index (χ0v) is 83.2. The molecule has 0 radical (unpaired) electrons. The number of nitrogens with zero attached hydrogens (tertiary/aromatic N) is 12. The van der Waals surface area contributed by atoms with Crippen LogP contribution in [0.3, 0.4) is 0 Å². The third-order valence-electron chi connectivity index (χ3n) is 16.0. The van der Waals surface area contributed by atoms with E-state index in [0.717, 1.165) is 28.2 Å². The molecule has 0 bridgehead atoms. The predicted molar refractivity (Wildman–Crippen MR) is 414 cm³/mol. The fourth-order valence-corrected chi connectivity index (χ4v) is 16.2. The maximum Gasteiger partial charge on any atom is 0.480 e. The molecule has 4 aromatic rings. The lowest BCUT2D eigenvalue weighted by Crippen LogP contribution is -3.00. The first-order valence-corrected chi connectivity index (χ1v) is 47.1. The van der Waals surface area contributed by atoms with Gasteiger partial charge in [0, 0.05) is 23.7 Å². The molecule has 4 atom stereocenters. The van der Waals surface area contributed by atoms with Gasteiger partial charge in [-0.15, -0.1) is 0 Å². The summed E-state index contributed by atoms with van der Waals surface area (Å²) in [7, 11) is -45.8. The summed E-state index contributed by atoms with van der Waals surface area (Å²) in [6, 6.07) is 0. The maximum atomic E-state index is 11.4. The largest absolute Gasteiger partial charge is 1.00 e. The van der Waals surface area contributed by atoms with Crippen molar-refractivity contribution < 1.29 is 273 Å². The molecule has 4 heterocycles. The molecule has 4 aromatic heterocycles. The van der Waals surface area contributed by atoms with E-state index in [0.29, 0.717) is 23.7 Å². The van der Waals surface area contributed by atoms with Crippen LogP contribution in [0.1, 0.15) is 105 Å². The molecule has 0 spiro atoms. The number of unbranched alkanes of at least 4 members (excludes halogenated alkanes) is 4. The van der Waals surface area contributed by atoms with Gasteiger partial charge in [-0.1, -0.05) is 173 Å². The number of halogens is 28. The van der Waals surface area contributed by atoms with Crippen molar-refractivity contribution in [1.82, 2.24) is 18.3 Å². The van der Waals surface area contributed by atoms with E-state index in [1.807, 2.05) is 140 Å². The van der Waals surface area contributed by atoms with Crippen LogP contribution in [0, 0.1) is 35.3 Å². The number of aryl methyl sites for hydroxylation is 4. The van der Waals surface area contributed by atoms with E-state index in [-0.39, 0.29) is 81.9 Å². The first kappa shape index (κ1) is 132. The molecule has 0 amide bonds. The minimum absolute atomic E-state index is 0. The first-order valence-electron chi connectivity index (χ1n) is 35.6. The summed E-state index contributed by atoms with van der Waals surface area (Å²) in [5.74, 6) is 3.59. The quantitative estimate of drug-likeness (QED) is 0.0335. The first-order chi connectivity index (χ1) is 57.6. The third kappa shape index (κ3) is 42.5. The van der Waals surface area contributed by atoms with E-state index in [2.05, 4.69) is 127 Å². The Hall–Kier alpha value is -6.10. The van der Waals surface area contributed by atoms with Gasteiger partial charge < -0.3 is 98.4 Å². The molecule has 0 saturated heterocycles. The van der Waals surface area contributed by atoms with Gasteiger partial charge in [0.25, 0.3) is 37.0 Å². The molecule has 8 rings (SSSR count). The van der Waals surface area contributed by atoms with E-state index in [1.165, 1.54) is 110 Å². The van der Waals surface area contributed by atoms with Gasteiger partial charge in [-0.2, -0.15) is 124 Å². The van der Waals surface area contributed by atoms with Crippen molar-refractivity contribution >= 4 is 80.2 Å². The number of hydrogen-bond donors (Lipinski definition) is 0. The van der Waals surface area contributed by atoms with Crippen LogP contribution in [0.5, 0.6) is 0 Å². The van der Waals surface area contributed by atoms with Crippen molar-refractivity contribution in [3.05, 3.63) is 236 Å². The monoisotopic (exact) mass is 2450 g/mol. The van der Waals surface area contributed by atoms with Crippen LogP contribution in [-0.4, -0.2) is 130 Å². The maximum absolute atomic E-state index is 11.4. The molecular formula is C68H84Br2F24I2N12O16S8-4. The van der Waals surface area contributed by atoms with Crippen LogP contribution in [0.4, 0.5) is 105 Å². The molecule has 0 fully saturated rings. The molecular weight excluding hydrogens is 2370 g/mol. The zero-order valence-electron chi connectivity index (χ0n) is 69.2. The van der Waals surface area contributed by atoms with Crippen molar-refractivity contribution in [2.45, 2.75) is 149 Å². The van der Waals surface area contributed by atoms with E-state index in [9.17, 15) is 173 Å². The summed E-state index contributed by atoms with van der Waals surface area (Å²) in [6.45, 7) is 25.8. The molecule has 132 heavy (non-hydrogen) atoms. The number of aromatic nitrogens is 8. The zero-order chi connectivity index (χ0) is 99.8. The molecule has 0 aliphatic heterocycles. The molecule has 64 heteroatoms. The molecule has 0 N–H and O–H groups in total. The number of sulfonamides is 8. The van der Waals surface area contributed by atoms with Gasteiger partial charge in [0.1, 0.15) is 49.6 Å². The predicted octanol–water partition coefficient (Wildman–Crippen LogP) is 4.01. The van der Waals surface area contributed by atoms with Crippen LogP contribution in [0.2, 0.25) is 0 Å². The topological polar surface area (TPSA) is 365 Å². The highest BCUT2D eigenvalue weighted by molar-refractivity contribution is 8.14. The Morgan fingerprint density at radius 1 is 0.295 bits per heavy atom. The lowest BCUT2D eigenvalue weighted by atomic mass is 9.90. The smallest absolute Gasteiger partial charge is 0.480 e. The van der Waals surface area contributed by atoms with Gasteiger partial charge in [-0.25, -0.2) is 85.6 Å². The summed E-state index contributed by atoms with van der Waals surface area (Å²) in [5, 5.41) is 0. The minimum atomic E-state index is -6.72. The number of hydrogen-bond acceptors (Lipinski definition) is 16. The molecule has 0 aromatic carbocycles. The van der Waals surface area contributed by atoms with E-state index >= 15 is 0 Å². The second kappa shape index (κ2) is 53.2. The normalized spacial score (nSPS) is 16.5. The summed E-state index contributed by atoms with van der Waals surface area (Å²) >= 11 is 0. The number of imidazole rings is 4. The fraction of sp³-hybridized carbons (Fsp3) is 0.471. The van der Waals surface area contributed by atoms with Crippen molar-refractivity contribution in [3.63, 3.8) is 0 Å². The highest BCUT2D eigenvalue weighted by Crippen LogP contribution is 2.42. The second-order valence-electron chi connectivity index (χ2n) is 26.5. The van der Waals surface area contributed by atoms with Crippen LogP contribution in [0.15, 0.2) is 208 Å². The lowest BCUT2D eigenvalue weighted by Gasteiger charge is -2.22. The van der Waals surface area contributed by atoms with Crippen molar-refractivity contribution in [1.29, 1.82) is 0 Å². The molecule has 760 valence electrons. The average Bonchev–Trinajstić information content (AvgIpc) is 1.44. The summed E-state index contributed by atoms with van der Waals surface area (Å²) in [4.78, 5) is 0. The Morgan fingerprint density at radius 3 is 0.538 bits per heavy atom. The second-order valence-corrected chi connectivity index (χ2v) is 40.2. The van der Waals surface area contributed by atoms with Crippen molar-refractivity contribution in [3.8, 4) is 0 Å². The van der Waals surface area contributed by atoms with Crippen LogP contribution < -0.4 is 100 Å². The fourth-order valence-electron chi connectivity index (χ4n) is 9.37. The third-order valence-corrected chi connectivity index (χ3v) is 27.0. The summed E-state index contributed by atoms with van der Waals surface area (Å²) < 4.78 is 453. The Labute approximate surface area is 801 Å². The Bertz CT molecular complexity index is 4900. The summed E-state index contributed by atoms with van der Waals surface area (Å²) in [6.07, 6.45) is 66.9. The van der Waals surface area contributed by atoms with Crippen LogP contribution in [-0.2, 0) is 108 Å². The highest BCUT2D eigenvalue weighted by Gasteiger charge is 2.51. The van der Waals surface area contributed by atoms with Crippen molar-refractivity contribution in [2.75, 3.05) is 0 Å². The Kier molecular flexibility index (Phi) is 53.2. The minimum Gasteiger partial charge on any atom is -1.00 e. The molecule has 28 nitrogen and oxygen atoms in total. The highest BCUT2D eigenvalue weighted by atomic mass is 127. The SMILES string of the molecule is C=C(C1C=CC(CCCC)=C1)C1C=CC(CCCC)=C1.C=C(C1C=CC(CCCC)=C1)C1C=CC(CCCC)=C1.C=C(n1cc[n+](C)c1)n1cc[n+](C)c1.C=C(n1cc[n+](C)c1)n1cc[n+](C)c1.O=S(=O)([N-]S(=O)(=O)C(F)(F)F)C(F)(F)F.O=S(=O)([N-]S(=O)(=O)C(F)(F)F)C(F)(F)F.O=S(=O)([N-]S(=O)(=O)C(F)(F)F)C(F)(F)F.O=S(=O)([N-]S(=O)(=O)C(F)(F)F)C(F)(F)F.[Br-].[Br-].[I-].[I-]. The van der Waals surface area contributed by atoms with E-state index < -0.39 is 124 Å². The number of alkyl halides is 24. The Morgan fingerprint density at radius 2 is 0.432 bits per heavy atom. The van der Waals surface area contributed by atoms with Crippen molar-refractivity contribution in [2.24, 2.45) is 51.9 Å². The van der Waals surface area contributed by atoms with Crippen LogP contribution >= 0.6 is 0 Å². The standard InChI is InChI=1S/2C20H28.2C10H14N4.4C2F6NO4S2.2BrH.2HI/c2*1-4-6-8-17-10-12-19(14-17)16(3)20-13-11-18(15-20)9-7-5-2;2*1-10(13-6-4-11(2)8-13)14-7-5-12(3)9-14;4*3-1(4,5)14(10,11)9-15(12,13)2(6,7)8;;;;/h2*10-15,19-20H,3-9H2,1-2H3;2*4-9H,1H2,2-3H3;;;;;4*1H/q;;2*+2;4*-1;;;;/p-4. The van der Waals surface area contributed by atoms with E-state index in [1.54, 1.807) is 0 Å². The molecule has 4 aliphatic carbocycles. The van der Waals surface area contributed by atoms with Gasteiger partial charge in [-0.05, 0) is 64.5 Å². The Balaban J connectivity index is -0.000000709. The van der Waals surface area contributed by atoms with Gasteiger partial charge in [0.15, 0.2) is 80.2 Å². The van der Waals surface area contributed by atoms with Gasteiger partial charge in [0.2, 0.25) is 0 Å². The number of rotatable bonds is 28. The van der Waals surface area contributed by atoms with E-state index in [4.69, 9.17) is 0 Å². The van der Waals surface area contributed by atoms with Gasteiger partial charge in [-0.3, -0.25) is 0 Å². The molecule has 4 unspecified atom stereocenters. The average molecular weight is 2450 g/mol. The van der Waals surface area contributed by atoms with Gasteiger partial charge in [0.05, 0.1) is 28.2 Å². The molecule has 0 saturated carbocycles. The van der Waals surface area contributed by atoms with Gasteiger partial charge >= 0.3 is 44.1 Å². The lowest BCUT2D eigenvalue weighted by molar-refractivity contribution is -0.671. The number of allylic oxidation sites excluding steroid dienone is 18.